The summed E-state index contributed by atoms with van der Waals surface area (Å²) in [4.78, 5) is 4.78. The average Bonchev–Trinajstić information content (AvgIpc) is 2.46. The summed E-state index contributed by atoms with van der Waals surface area (Å²) in [7, 11) is 1.51. The van der Waals surface area contributed by atoms with Crippen molar-refractivity contribution in [3.8, 4) is 6.07 Å². The van der Waals surface area contributed by atoms with E-state index in [0.717, 1.165) is 37.8 Å². The highest BCUT2D eigenvalue weighted by Gasteiger charge is 2.40. The summed E-state index contributed by atoms with van der Waals surface area (Å²) in [5.41, 5.74) is 0.357. The van der Waals surface area contributed by atoms with Crippen molar-refractivity contribution >= 4 is 5.71 Å². The molecule has 22 heavy (non-hydrogen) atoms. The minimum absolute atomic E-state index is 0.0343. The molecular weight excluding hydrogens is 293 g/mol. The van der Waals surface area contributed by atoms with Crippen molar-refractivity contribution in [1.29, 1.82) is 5.26 Å². The number of alkyl halides is 3. The van der Waals surface area contributed by atoms with Crippen molar-refractivity contribution in [2.75, 3.05) is 7.11 Å². The number of oxime groups is 1. The normalized spacial score (nSPS) is 21.8. The monoisotopic (exact) mass is 318 g/mol. The highest BCUT2D eigenvalue weighted by molar-refractivity contribution is 5.84. The molecule has 0 heterocycles. The van der Waals surface area contributed by atoms with Crippen LogP contribution in [0, 0.1) is 22.7 Å². The Labute approximate surface area is 130 Å². The second-order valence-corrected chi connectivity index (χ2v) is 6.10. The number of rotatable bonds is 7. The Morgan fingerprint density at radius 1 is 1.23 bits per heavy atom. The molecule has 1 rings (SSSR count). The molecule has 0 spiro atoms. The Kier molecular flexibility index (Phi) is 7.18. The van der Waals surface area contributed by atoms with E-state index in [9.17, 15) is 18.4 Å². The van der Waals surface area contributed by atoms with Gasteiger partial charge in [0.2, 0.25) is 0 Å². The standard InChI is InChI=1S/C16H25F3N2O/c1-3-9-15(12-20,10-4-11-16(17,18)19)13-5-7-14(8-6-13)21-22-2/h13H,3-11H2,1-2H3. The third-order valence-corrected chi connectivity index (χ3v) is 4.57. The van der Waals surface area contributed by atoms with Crippen LogP contribution >= 0.6 is 0 Å². The van der Waals surface area contributed by atoms with Gasteiger partial charge in [0, 0.05) is 6.42 Å². The van der Waals surface area contributed by atoms with Gasteiger partial charge in [-0.25, -0.2) is 0 Å². The van der Waals surface area contributed by atoms with Gasteiger partial charge >= 0.3 is 6.18 Å². The maximum absolute atomic E-state index is 12.4. The van der Waals surface area contributed by atoms with E-state index in [2.05, 4.69) is 11.2 Å². The molecule has 0 aliphatic heterocycles. The first-order valence-corrected chi connectivity index (χ1v) is 7.94. The summed E-state index contributed by atoms with van der Waals surface area (Å²) in [6.07, 6.45) is 0.0591. The molecule has 1 aliphatic rings. The predicted molar refractivity (Wildman–Crippen MR) is 79.3 cm³/mol. The van der Waals surface area contributed by atoms with Gasteiger partial charge in [-0.15, -0.1) is 0 Å². The summed E-state index contributed by atoms with van der Waals surface area (Å²) in [5, 5.41) is 13.6. The summed E-state index contributed by atoms with van der Waals surface area (Å²) >= 11 is 0. The second-order valence-electron chi connectivity index (χ2n) is 6.10. The van der Waals surface area contributed by atoms with Gasteiger partial charge in [-0.3, -0.25) is 0 Å². The van der Waals surface area contributed by atoms with Crippen molar-refractivity contribution in [2.24, 2.45) is 16.5 Å². The smallest absolute Gasteiger partial charge is 0.389 e. The lowest BCUT2D eigenvalue weighted by Crippen LogP contribution is -2.33. The molecule has 0 aromatic heterocycles. The van der Waals surface area contributed by atoms with Gasteiger partial charge < -0.3 is 4.84 Å². The number of hydrogen-bond acceptors (Lipinski definition) is 3. The fourth-order valence-electron chi connectivity index (χ4n) is 3.51. The second kappa shape index (κ2) is 8.40. The van der Waals surface area contributed by atoms with Crippen molar-refractivity contribution in [3.05, 3.63) is 0 Å². The van der Waals surface area contributed by atoms with Crippen molar-refractivity contribution in [1.82, 2.24) is 0 Å². The van der Waals surface area contributed by atoms with E-state index in [1.165, 1.54) is 7.11 Å². The van der Waals surface area contributed by atoms with Crippen LogP contribution in [0.5, 0.6) is 0 Å². The Morgan fingerprint density at radius 2 is 1.86 bits per heavy atom. The minimum atomic E-state index is -4.14. The third kappa shape index (κ3) is 5.51. The summed E-state index contributed by atoms with van der Waals surface area (Å²) in [6.45, 7) is 1.98. The van der Waals surface area contributed by atoms with Gasteiger partial charge in [-0.1, -0.05) is 18.5 Å². The largest absolute Gasteiger partial charge is 0.399 e. The third-order valence-electron chi connectivity index (χ3n) is 4.57. The highest BCUT2D eigenvalue weighted by atomic mass is 19.4. The predicted octanol–water partition coefficient (Wildman–Crippen LogP) is 5.22. The zero-order valence-electron chi connectivity index (χ0n) is 13.4. The lowest BCUT2D eigenvalue weighted by Gasteiger charge is -2.38. The molecule has 0 amide bonds. The number of nitrogens with zero attached hydrogens (tertiary/aromatic N) is 2. The lowest BCUT2D eigenvalue weighted by molar-refractivity contribution is -0.136. The van der Waals surface area contributed by atoms with Crippen LogP contribution in [0.4, 0.5) is 13.2 Å². The van der Waals surface area contributed by atoms with Crippen LogP contribution in [0.2, 0.25) is 0 Å². The molecule has 0 saturated heterocycles. The molecule has 6 heteroatoms. The van der Waals surface area contributed by atoms with E-state index in [1.54, 1.807) is 0 Å². The van der Waals surface area contributed by atoms with E-state index in [0.29, 0.717) is 12.8 Å². The SMILES string of the molecule is CCCC(C#N)(CCCC(F)(F)F)C1CCC(=NOC)CC1. The summed E-state index contributed by atoms with van der Waals surface area (Å²) in [5.74, 6) is 0.154. The fraction of sp³-hybridized carbons (Fsp3) is 0.875. The zero-order chi connectivity index (χ0) is 16.6. The molecule has 0 aromatic carbocycles. The lowest BCUT2D eigenvalue weighted by atomic mass is 9.64. The first-order valence-electron chi connectivity index (χ1n) is 7.94. The van der Waals surface area contributed by atoms with Crippen molar-refractivity contribution in [2.45, 2.75) is 70.9 Å². The molecule has 0 aromatic rings. The van der Waals surface area contributed by atoms with E-state index in [1.807, 2.05) is 6.92 Å². The van der Waals surface area contributed by atoms with Crippen LogP contribution in [0.3, 0.4) is 0 Å². The maximum atomic E-state index is 12.4. The molecule has 1 aliphatic carbocycles. The molecule has 126 valence electrons. The Hall–Kier alpha value is -1.25. The molecule has 1 fully saturated rings. The van der Waals surface area contributed by atoms with Gasteiger partial charge in [-0.2, -0.15) is 18.4 Å². The summed E-state index contributed by atoms with van der Waals surface area (Å²) in [6, 6.07) is 2.38. The zero-order valence-corrected chi connectivity index (χ0v) is 13.4. The minimum Gasteiger partial charge on any atom is -0.399 e. The molecule has 3 nitrogen and oxygen atoms in total. The molecule has 0 N–H and O–H groups in total. The molecule has 0 radical (unpaired) electrons. The number of nitriles is 1. The van der Waals surface area contributed by atoms with Crippen molar-refractivity contribution in [3.63, 3.8) is 0 Å². The molecule has 0 bridgehead atoms. The molecule has 1 atom stereocenters. The maximum Gasteiger partial charge on any atom is 0.389 e. The number of hydrogen-bond donors (Lipinski definition) is 0. The van der Waals surface area contributed by atoms with Crippen LogP contribution in [0.15, 0.2) is 5.16 Å². The van der Waals surface area contributed by atoms with E-state index >= 15 is 0 Å². The molecule has 1 saturated carbocycles. The van der Waals surface area contributed by atoms with Gasteiger partial charge in [-0.05, 0) is 50.9 Å². The molecule has 1 unspecified atom stereocenters. The van der Waals surface area contributed by atoms with Crippen LogP contribution in [-0.4, -0.2) is 19.0 Å². The topological polar surface area (TPSA) is 45.4 Å². The van der Waals surface area contributed by atoms with Gasteiger partial charge in [0.25, 0.3) is 0 Å². The van der Waals surface area contributed by atoms with E-state index < -0.39 is 18.0 Å². The first-order chi connectivity index (χ1) is 10.4. The Morgan fingerprint density at radius 3 is 2.32 bits per heavy atom. The van der Waals surface area contributed by atoms with Crippen LogP contribution in [0.25, 0.3) is 0 Å². The van der Waals surface area contributed by atoms with Crippen LogP contribution in [0.1, 0.15) is 64.7 Å². The first kappa shape index (κ1) is 18.8. The van der Waals surface area contributed by atoms with E-state index in [-0.39, 0.29) is 12.3 Å². The van der Waals surface area contributed by atoms with Gasteiger partial charge in [0.05, 0.1) is 17.2 Å². The van der Waals surface area contributed by atoms with Gasteiger partial charge in [0.15, 0.2) is 0 Å². The Balaban J connectivity index is 2.71. The Bertz CT molecular complexity index is 405. The van der Waals surface area contributed by atoms with Gasteiger partial charge in [0.1, 0.15) is 7.11 Å². The van der Waals surface area contributed by atoms with Crippen LogP contribution < -0.4 is 0 Å². The highest BCUT2D eigenvalue weighted by Crippen LogP contribution is 2.45. The van der Waals surface area contributed by atoms with Crippen molar-refractivity contribution < 1.29 is 18.0 Å². The fourth-order valence-corrected chi connectivity index (χ4v) is 3.51. The van der Waals surface area contributed by atoms with E-state index in [4.69, 9.17) is 4.84 Å². The quantitative estimate of drug-likeness (QED) is 0.604. The average molecular weight is 318 g/mol. The van der Waals surface area contributed by atoms with Crippen LogP contribution in [-0.2, 0) is 4.84 Å². The number of halogens is 3. The summed E-state index contributed by atoms with van der Waals surface area (Å²) < 4.78 is 37.2. The molecular formula is C16H25F3N2O.